The van der Waals surface area contributed by atoms with Crippen molar-refractivity contribution in [1.29, 1.82) is 0 Å². The van der Waals surface area contributed by atoms with E-state index in [-0.39, 0.29) is 17.1 Å². The number of carbonyl (C=O) groups is 4. The third kappa shape index (κ3) is 13.2. The second-order valence-corrected chi connectivity index (χ2v) is 4.04. The molecule has 17 heteroatoms. The van der Waals surface area contributed by atoms with Crippen molar-refractivity contribution in [3.63, 3.8) is 0 Å². The van der Waals surface area contributed by atoms with Crippen LogP contribution in [0.25, 0.3) is 0 Å². The Kier molecular flexibility index (Phi) is 11.2. The van der Waals surface area contributed by atoms with Gasteiger partial charge in [0.25, 0.3) is 0 Å². The minimum atomic E-state index is -5.40. The van der Waals surface area contributed by atoms with Gasteiger partial charge in [-0.15, -0.1) is 0 Å². The Morgan fingerprint density at radius 1 is 0.407 bits per heavy atom. The summed E-state index contributed by atoms with van der Waals surface area (Å²) < 4.78 is 136. The van der Waals surface area contributed by atoms with E-state index in [0.717, 1.165) is 0 Å². The quantitative estimate of drug-likeness (QED) is 0.359. The van der Waals surface area contributed by atoms with Crippen molar-refractivity contribution in [2.24, 2.45) is 0 Å². The second-order valence-electron chi connectivity index (χ2n) is 4.04. The van der Waals surface area contributed by atoms with Gasteiger partial charge in [-0.05, 0) is 0 Å². The maximum atomic E-state index is 11.3. The third-order valence-corrected chi connectivity index (χ3v) is 1.91. The summed E-state index contributed by atoms with van der Waals surface area (Å²) in [4.78, 5) is 39.5. The van der Waals surface area contributed by atoms with Crippen LogP contribution >= 0.6 is 0 Å². The molecule has 0 amide bonds. The molecule has 0 heterocycles. The minimum absolute atomic E-state index is 0. The van der Waals surface area contributed by atoms with Crippen molar-refractivity contribution in [3.05, 3.63) is 0 Å². The van der Waals surface area contributed by atoms with E-state index in [1.54, 1.807) is 0 Å². The molecule has 0 saturated heterocycles. The largest absolute Gasteiger partial charge is 0.450 e. The molecule has 0 aliphatic heterocycles. The zero-order chi connectivity index (χ0) is 21.7. The summed E-state index contributed by atoms with van der Waals surface area (Å²) in [7, 11) is 0. The first-order valence-corrected chi connectivity index (χ1v) is 5.50. The molecule has 0 rings (SSSR count). The Hall–Kier alpha value is -1.64. The van der Waals surface area contributed by atoms with E-state index >= 15 is 0 Å². The molecule has 1 radical (unpaired) electrons. The van der Waals surface area contributed by atoms with Gasteiger partial charge in [-0.25, -0.2) is 0 Å². The predicted molar refractivity (Wildman–Crippen MR) is 53.5 cm³/mol. The number of rotatable bonds is 4. The summed E-state index contributed by atoms with van der Waals surface area (Å²) in [5, 5.41) is 0. The van der Waals surface area contributed by atoms with Gasteiger partial charge in [0.15, 0.2) is 0 Å². The van der Waals surface area contributed by atoms with Crippen molar-refractivity contribution >= 4 is 23.1 Å². The number of halogens is 12. The number of Topliss-reactive ketones (excluding diaryl/α,β-unsaturated/α-hetero) is 4. The molecule has 0 N–H and O–H groups in total. The Balaban J connectivity index is -0.000000411. The fraction of sp³-hybridized carbons (Fsp3) is 0.600. The number of hydrogen-bond acceptors (Lipinski definition) is 4. The molecular weight excluding hydrogens is 467 g/mol. The molecule has 0 aliphatic carbocycles. The van der Waals surface area contributed by atoms with Crippen molar-refractivity contribution < 1.29 is 88.9 Å². The monoisotopic (exact) mass is 471 g/mol. The fourth-order valence-corrected chi connectivity index (χ4v) is 0.693. The maximum absolute atomic E-state index is 11.3. The van der Waals surface area contributed by atoms with Gasteiger partial charge < -0.3 is 0 Å². The molecule has 0 fully saturated rings. The Morgan fingerprint density at radius 2 is 0.519 bits per heavy atom. The fourth-order valence-electron chi connectivity index (χ4n) is 0.693. The molecule has 0 atom stereocenters. The first-order valence-electron chi connectivity index (χ1n) is 5.50. The summed E-state index contributed by atoms with van der Waals surface area (Å²) in [6.07, 6.45) is -26.0. The van der Waals surface area contributed by atoms with E-state index in [4.69, 9.17) is 0 Å². The van der Waals surface area contributed by atoms with Crippen LogP contribution in [0.4, 0.5) is 52.7 Å². The van der Waals surface area contributed by atoms with Gasteiger partial charge in [0, 0.05) is 17.1 Å². The Labute approximate surface area is 150 Å². The van der Waals surface area contributed by atoms with E-state index in [9.17, 15) is 71.9 Å². The molecule has 0 aromatic heterocycles. The van der Waals surface area contributed by atoms with Gasteiger partial charge in [-0.2, -0.15) is 52.7 Å². The zero-order valence-electron chi connectivity index (χ0n) is 12.0. The first-order chi connectivity index (χ1) is 11.1. The van der Waals surface area contributed by atoms with Gasteiger partial charge in [0.1, 0.15) is 0 Å². The van der Waals surface area contributed by atoms with E-state index < -0.39 is 60.7 Å². The number of carbonyl (C=O) groups excluding carboxylic acids is 4. The summed E-state index contributed by atoms with van der Waals surface area (Å²) in [5.41, 5.74) is 0. The Bertz CT molecular complexity index is 456. The van der Waals surface area contributed by atoms with Gasteiger partial charge in [0.05, 0.1) is 12.8 Å². The van der Waals surface area contributed by atoms with Gasteiger partial charge in [0.2, 0.25) is 23.1 Å². The molecule has 27 heavy (non-hydrogen) atoms. The molecule has 0 aromatic carbocycles. The average molecular weight is 471 g/mol. The second kappa shape index (κ2) is 10.1. The number of alkyl halides is 12. The molecular formula is C10H4F12MnO4. The molecule has 0 bridgehead atoms. The molecule has 159 valence electrons. The molecule has 0 saturated carbocycles. The topological polar surface area (TPSA) is 68.3 Å². The zero-order valence-corrected chi connectivity index (χ0v) is 13.1. The molecule has 0 unspecified atom stereocenters. The predicted octanol–water partition coefficient (Wildman–Crippen LogP) is 3.28. The molecule has 0 aliphatic rings. The summed E-state index contributed by atoms with van der Waals surface area (Å²) in [6.45, 7) is 0. The SMILES string of the molecule is O=C(CC(=O)C(F)(F)F)C(F)(F)F.O=C(CC(=O)C(F)(F)F)C(F)(F)F.[Mn]. The van der Waals surface area contributed by atoms with E-state index in [1.807, 2.05) is 0 Å². The Morgan fingerprint density at radius 3 is 0.593 bits per heavy atom. The minimum Gasteiger partial charge on any atom is -0.289 e. The van der Waals surface area contributed by atoms with Crippen LogP contribution in [-0.2, 0) is 36.2 Å². The van der Waals surface area contributed by atoms with Crippen molar-refractivity contribution in [2.45, 2.75) is 37.5 Å². The summed E-state index contributed by atoms with van der Waals surface area (Å²) in [5.74, 6) is -10.8. The van der Waals surface area contributed by atoms with Crippen LogP contribution in [0.5, 0.6) is 0 Å². The van der Waals surface area contributed by atoms with Crippen LogP contribution in [0.15, 0.2) is 0 Å². The van der Waals surface area contributed by atoms with E-state index in [1.165, 1.54) is 0 Å². The van der Waals surface area contributed by atoms with Gasteiger partial charge >= 0.3 is 24.7 Å². The normalized spacial score (nSPS) is 12.3. The summed E-state index contributed by atoms with van der Waals surface area (Å²) in [6, 6.07) is 0. The third-order valence-electron chi connectivity index (χ3n) is 1.91. The average Bonchev–Trinajstić information content (AvgIpc) is 2.34. The van der Waals surface area contributed by atoms with Crippen molar-refractivity contribution in [3.8, 4) is 0 Å². The first kappa shape index (κ1) is 30.1. The summed E-state index contributed by atoms with van der Waals surface area (Å²) >= 11 is 0. The molecule has 0 aromatic rings. The van der Waals surface area contributed by atoms with E-state index in [0.29, 0.717) is 0 Å². The van der Waals surface area contributed by atoms with Crippen molar-refractivity contribution in [2.75, 3.05) is 0 Å². The van der Waals surface area contributed by atoms with Crippen LogP contribution < -0.4 is 0 Å². The van der Waals surface area contributed by atoms with Gasteiger partial charge in [-0.1, -0.05) is 0 Å². The van der Waals surface area contributed by atoms with Crippen LogP contribution in [0.2, 0.25) is 0 Å². The van der Waals surface area contributed by atoms with Gasteiger partial charge in [-0.3, -0.25) is 19.2 Å². The number of hydrogen-bond donors (Lipinski definition) is 0. The number of ketones is 4. The van der Waals surface area contributed by atoms with Crippen LogP contribution in [0.1, 0.15) is 12.8 Å². The van der Waals surface area contributed by atoms with E-state index in [2.05, 4.69) is 0 Å². The van der Waals surface area contributed by atoms with Crippen LogP contribution in [0.3, 0.4) is 0 Å². The standard InChI is InChI=1S/2C5H2F6O2.Mn/c2*6-4(7,8)2(12)1-3(13)5(9,10)11;/h2*1H2;. The van der Waals surface area contributed by atoms with Crippen molar-refractivity contribution in [1.82, 2.24) is 0 Å². The molecule has 0 spiro atoms. The maximum Gasteiger partial charge on any atom is 0.450 e. The van der Waals surface area contributed by atoms with Crippen LogP contribution in [-0.4, -0.2) is 47.8 Å². The molecule has 4 nitrogen and oxygen atoms in total. The smallest absolute Gasteiger partial charge is 0.289 e. The van der Waals surface area contributed by atoms with Crippen LogP contribution in [0, 0.1) is 0 Å².